The van der Waals surface area contributed by atoms with Gasteiger partial charge in [0.2, 0.25) is 0 Å². The van der Waals surface area contributed by atoms with Crippen molar-refractivity contribution in [2.75, 3.05) is 0 Å². The Hall–Kier alpha value is -1.84. The Balaban J connectivity index is 2.36. The van der Waals surface area contributed by atoms with Gasteiger partial charge in [0.15, 0.2) is 0 Å². The van der Waals surface area contributed by atoms with Crippen molar-refractivity contribution in [2.24, 2.45) is 11.8 Å². The molecule has 0 heterocycles. The molecule has 0 aromatic heterocycles. The van der Waals surface area contributed by atoms with Crippen molar-refractivity contribution in [2.45, 2.75) is 89.9 Å². The van der Waals surface area contributed by atoms with Crippen molar-refractivity contribution in [3.8, 4) is 0 Å². The van der Waals surface area contributed by atoms with Crippen molar-refractivity contribution in [3.05, 3.63) is 34.4 Å². The normalized spacial score (nSPS) is 33.4. The summed E-state index contributed by atoms with van der Waals surface area (Å²) in [5.74, 6) is -1.50. The third-order valence-electron chi connectivity index (χ3n) is 8.18. The molecule has 2 fully saturated rings. The summed E-state index contributed by atoms with van der Waals surface area (Å²) in [7, 11) is 0. The summed E-state index contributed by atoms with van der Waals surface area (Å²) >= 11 is 0. The van der Waals surface area contributed by atoms with Gasteiger partial charge >= 0.3 is 11.9 Å². The van der Waals surface area contributed by atoms with Crippen LogP contribution in [0.4, 0.5) is 0 Å². The zero-order valence-corrected chi connectivity index (χ0v) is 17.7. The van der Waals surface area contributed by atoms with Gasteiger partial charge in [-0.2, -0.15) is 0 Å². The molecule has 1 aromatic rings. The molecule has 154 valence electrons. The maximum Gasteiger partial charge on any atom is 0.336 e. The largest absolute Gasteiger partial charge is 0.478 e. The molecule has 0 amide bonds. The molecule has 4 unspecified atom stereocenters. The van der Waals surface area contributed by atoms with Crippen LogP contribution in [0.5, 0.6) is 0 Å². The van der Waals surface area contributed by atoms with E-state index in [4.69, 9.17) is 0 Å². The molecule has 28 heavy (non-hydrogen) atoms. The Morgan fingerprint density at radius 3 is 1.86 bits per heavy atom. The second-order valence-corrected chi connectivity index (χ2v) is 9.65. The third-order valence-corrected chi connectivity index (χ3v) is 8.18. The van der Waals surface area contributed by atoms with Crippen molar-refractivity contribution < 1.29 is 19.8 Å². The molecule has 2 aliphatic rings. The van der Waals surface area contributed by atoms with Crippen molar-refractivity contribution in [3.63, 3.8) is 0 Å². The molecular formula is C24H34O4. The van der Waals surface area contributed by atoms with Crippen LogP contribution in [0, 0.1) is 11.8 Å². The van der Waals surface area contributed by atoms with Crippen LogP contribution in [-0.2, 0) is 10.8 Å². The summed E-state index contributed by atoms with van der Waals surface area (Å²) in [4.78, 5) is 24.3. The Labute approximate surface area is 168 Å². The fourth-order valence-electron chi connectivity index (χ4n) is 5.86. The van der Waals surface area contributed by atoms with E-state index in [1.54, 1.807) is 0 Å². The van der Waals surface area contributed by atoms with Crippen LogP contribution < -0.4 is 0 Å². The molecule has 0 spiro atoms. The van der Waals surface area contributed by atoms with Crippen molar-refractivity contribution >= 4 is 11.9 Å². The van der Waals surface area contributed by atoms with E-state index in [9.17, 15) is 19.8 Å². The van der Waals surface area contributed by atoms with Gasteiger partial charge in [0.1, 0.15) is 0 Å². The molecule has 1 aromatic carbocycles. The number of benzene rings is 1. The molecular weight excluding hydrogens is 352 g/mol. The predicted molar refractivity (Wildman–Crippen MR) is 110 cm³/mol. The zero-order chi connectivity index (χ0) is 20.7. The SMILES string of the molecule is CC1CCCCC1(C)c1ccc(C(=O)O)c(C(=O)O)c1C1(C)CCCCC1C. The molecule has 0 bridgehead atoms. The number of rotatable bonds is 4. The predicted octanol–water partition coefficient (Wildman–Crippen LogP) is 6.02. The van der Waals surface area contributed by atoms with E-state index >= 15 is 0 Å². The smallest absolute Gasteiger partial charge is 0.336 e. The van der Waals surface area contributed by atoms with Crippen molar-refractivity contribution in [1.29, 1.82) is 0 Å². The highest BCUT2D eigenvalue weighted by Crippen LogP contribution is 2.52. The first-order chi connectivity index (χ1) is 13.1. The van der Waals surface area contributed by atoms with E-state index in [1.165, 1.54) is 12.5 Å². The Morgan fingerprint density at radius 2 is 1.39 bits per heavy atom. The Morgan fingerprint density at radius 1 is 0.857 bits per heavy atom. The van der Waals surface area contributed by atoms with Crippen molar-refractivity contribution in [1.82, 2.24) is 0 Å². The second kappa shape index (κ2) is 7.53. The number of hydrogen-bond acceptors (Lipinski definition) is 2. The number of carbonyl (C=O) groups is 2. The number of hydrogen-bond donors (Lipinski definition) is 2. The summed E-state index contributed by atoms with van der Waals surface area (Å²) in [6.45, 7) is 8.90. The van der Waals surface area contributed by atoms with E-state index in [-0.39, 0.29) is 22.0 Å². The number of carboxylic acid groups (broad SMARTS) is 2. The molecule has 3 rings (SSSR count). The molecule has 0 aliphatic heterocycles. The van der Waals surface area contributed by atoms with Crippen LogP contribution in [0.25, 0.3) is 0 Å². The summed E-state index contributed by atoms with van der Waals surface area (Å²) in [6, 6.07) is 3.48. The standard InChI is InChI=1S/C24H34O4/c1-15-9-5-7-13-23(15,3)18-12-11-17(21(25)26)19(22(27)28)20(18)24(4)14-8-6-10-16(24)2/h11-12,15-16H,5-10,13-14H2,1-4H3,(H,25,26)(H,27,28). The topological polar surface area (TPSA) is 74.6 Å². The number of aromatic carboxylic acids is 2. The highest BCUT2D eigenvalue weighted by Gasteiger charge is 2.46. The van der Waals surface area contributed by atoms with E-state index < -0.39 is 11.9 Å². The lowest BCUT2D eigenvalue weighted by Gasteiger charge is -2.48. The first-order valence-electron chi connectivity index (χ1n) is 10.8. The fraction of sp³-hybridized carbons (Fsp3) is 0.667. The third kappa shape index (κ3) is 3.25. The van der Waals surface area contributed by atoms with Gasteiger partial charge in [0, 0.05) is 0 Å². The van der Waals surface area contributed by atoms with Crippen LogP contribution in [0.3, 0.4) is 0 Å². The first-order valence-corrected chi connectivity index (χ1v) is 10.8. The van der Waals surface area contributed by atoms with Gasteiger partial charge in [-0.15, -0.1) is 0 Å². The first kappa shape index (κ1) is 20.9. The summed E-state index contributed by atoms with van der Waals surface area (Å²) in [5, 5.41) is 19.9. The lowest BCUT2D eigenvalue weighted by Crippen LogP contribution is -2.42. The van der Waals surface area contributed by atoms with Gasteiger partial charge in [-0.1, -0.05) is 59.4 Å². The molecule has 4 heteroatoms. The summed E-state index contributed by atoms with van der Waals surface area (Å²) in [6.07, 6.45) is 8.67. The van der Waals surface area contributed by atoms with E-state index in [2.05, 4.69) is 27.7 Å². The molecule has 2 N–H and O–H groups in total. The maximum atomic E-state index is 12.4. The molecule has 4 atom stereocenters. The highest BCUT2D eigenvalue weighted by atomic mass is 16.4. The minimum atomic E-state index is -1.15. The van der Waals surface area contributed by atoms with E-state index in [1.807, 2.05) is 6.07 Å². The van der Waals surface area contributed by atoms with Crippen LogP contribution in [0.2, 0.25) is 0 Å². The summed E-state index contributed by atoms with van der Waals surface area (Å²) < 4.78 is 0. The van der Waals surface area contributed by atoms with Gasteiger partial charge in [-0.25, -0.2) is 9.59 Å². The van der Waals surface area contributed by atoms with Crippen LogP contribution in [-0.4, -0.2) is 22.2 Å². The average Bonchev–Trinajstić information content (AvgIpc) is 2.65. The fourth-order valence-corrected chi connectivity index (χ4v) is 5.86. The zero-order valence-electron chi connectivity index (χ0n) is 17.7. The number of carboxylic acids is 2. The Kier molecular flexibility index (Phi) is 5.62. The highest BCUT2D eigenvalue weighted by molar-refractivity contribution is 6.03. The van der Waals surface area contributed by atoms with Crippen LogP contribution >= 0.6 is 0 Å². The maximum absolute atomic E-state index is 12.4. The van der Waals surface area contributed by atoms with Gasteiger partial charge < -0.3 is 10.2 Å². The van der Waals surface area contributed by atoms with E-state index in [0.29, 0.717) is 11.8 Å². The van der Waals surface area contributed by atoms with Crippen LogP contribution in [0.15, 0.2) is 12.1 Å². The molecule has 4 nitrogen and oxygen atoms in total. The van der Waals surface area contributed by atoms with Gasteiger partial charge in [-0.05, 0) is 65.5 Å². The molecule has 2 aliphatic carbocycles. The van der Waals surface area contributed by atoms with Gasteiger partial charge in [-0.3, -0.25) is 0 Å². The summed E-state index contributed by atoms with van der Waals surface area (Å²) in [5.41, 5.74) is 1.42. The molecule has 2 saturated carbocycles. The lowest BCUT2D eigenvalue weighted by molar-refractivity contribution is 0.0645. The minimum absolute atomic E-state index is 0.0280. The monoisotopic (exact) mass is 386 g/mol. The molecule has 0 saturated heterocycles. The second-order valence-electron chi connectivity index (χ2n) is 9.65. The lowest BCUT2D eigenvalue weighted by atomic mass is 9.56. The van der Waals surface area contributed by atoms with Gasteiger partial charge in [0.25, 0.3) is 0 Å². The average molecular weight is 387 g/mol. The molecule has 0 radical (unpaired) electrons. The Bertz CT molecular complexity index is 783. The van der Waals surface area contributed by atoms with Crippen LogP contribution in [0.1, 0.15) is 111 Å². The minimum Gasteiger partial charge on any atom is -0.478 e. The quantitative estimate of drug-likeness (QED) is 0.663. The van der Waals surface area contributed by atoms with E-state index in [0.717, 1.165) is 56.1 Å². The van der Waals surface area contributed by atoms with Gasteiger partial charge in [0.05, 0.1) is 11.1 Å².